The van der Waals surface area contributed by atoms with Gasteiger partial charge in [0.1, 0.15) is 5.82 Å². The van der Waals surface area contributed by atoms with Crippen molar-refractivity contribution in [3.63, 3.8) is 0 Å². The van der Waals surface area contributed by atoms with E-state index in [4.69, 9.17) is 9.72 Å². The zero-order valence-corrected chi connectivity index (χ0v) is 20.0. The normalized spacial score (nSPS) is 19.1. The SMILES string of the molecule is Cc1cccc(-n2ccc(C(=O)Cc3cnc(C4=CCC(N5CCOCC5)CC4)c(C)c3)c2)n1. The van der Waals surface area contributed by atoms with Gasteiger partial charge in [-0.25, -0.2) is 4.98 Å². The Labute approximate surface area is 201 Å². The van der Waals surface area contributed by atoms with Crippen LogP contribution >= 0.6 is 0 Å². The van der Waals surface area contributed by atoms with Gasteiger partial charge in [0, 0.05) is 55.4 Å². The van der Waals surface area contributed by atoms with E-state index in [0.717, 1.165) is 67.5 Å². The minimum absolute atomic E-state index is 0.0885. The largest absolute Gasteiger partial charge is 0.379 e. The quantitative estimate of drug-likeness (QED) is 0.508. The smallest absolute Gasteiger partial charge is 0.168 e. The molecule has 1 aliphatic heterocycles. The van der Waals surface area contributed by atoms with E-state index in [-0.39, 0.29) is 5.78 Å². The summed E-state index contributed by atoms with van der Waals surface area (Å²) in [5.41, 5.74) is 6.15. The Balaban J connectivity index is 1.24. The predicted molar refractivity (Wildman–Crippen MR) is 133 cm³/mol. The molecule has 1 unspecified atom stereocenters. The lowest BCUT2D eigenvalue weighted by atomic mass is 9.90. The molecule has 0 saturated carbocycles. The molecule has 1 atom stereocenters. The van der Waals surface area contributed by atoms with Crippen LogP contribution in [0.4, 0.5) is 0 Å². The Bertz CT molecular complexity index is 1210. The number of hydrogen-bond donors (Lipinski definition) is 0. The van der Waals surface area contributed by atoms with Gasteiger partial charge in [-0.15, -0.1) is 0 Å². The summed E-state index contributed by atoms with van der Waals surface area (Å²) >= 11 is 0. The van der Waals surface area contributed by atoms with E-state index in [1.54, 1.807) is 0 Å². The first kappa shape index (κ1) is 22.7. The molecule has 6 nitrogen and oxygen atoms in total. The second-order valence-electron chi connectivity index (χ2n) is 9.36. The van der Waals surface area contributed by atoms with Crippen LogP contribution in [-0.2, 0) is 11.2 Å². The van der Waals surface area contributed by atoms with Crippen molar-refractivity contribution in [2.45, 2.75) is 45.6 Å². The lowest BCUT2D eigenvalue weighted by Gasteiger charge is -2.36. The van der Waals surface area contributed by atoms with Crippen molar-refractivity contribution in [1.29, 1.82) is 0 Å². The van der Waals surface area contributed by atoms with Crippen molar-refractivity contribution in [1.82, 2.24) is 19.4 Å². The first-order valence-electron chi connectivity index (χ1n) is 12.2. The molecule has 1 aliphatic carbocycles. The number of ketones is 1. The van der Waals surface area contributed by atoms with Crippen LogP contribution in [0.25, 0.3) is 11.4 Å². The third-order valence-corrected chi connectivity index (χ3v) is 6.90. The molecule has 0 N–H and O–H groups in total. The molecule has 0 radical (unpaired) electrons. The summed E-state index contributed by atoms with van der Waals surface area (Å²) in [6.45, 7) is 7.84. The standard InChI is InChI=1S/C28H32N4O2/c1-20-16-22(17-26(33)24-10-11-32(19-24)27-5-3-4-21(2)30-27)18-29-28(20)23-6-8-25(9-7-23)31-12-14-34-15-13-31/h3-6,10-11,16,18-19,25H,7-9,12-15,17H2,1-2H3. The number of aromatic nitrogens is 3. The summed E-state index contributed by atoms with van der Waals surface area (Å²) in [6.07, 6.45) is 11.6. The molecule has 0 aromatic carbocycles. The number of nitrogens with zero attached hydrogens (tertiary/aromatic N) is 4. The molecule has 0 spiro atoms. The molecule has 0 bridgehead atoms. The lowest BCUT2D eigenvalue weighted by molar-refractivity contribution is 0.0150. The molecular formula is C28H32N4O2. The predicted octanol–water partition coefficient (Wildman–Crippen LogP) is 4.58. The summed E-state index contributed by atoms with van der Waals surface area (Å²) < 4.78 is 7.39. The molecule has 1 saturated heterocycles. The summed E-state index contributed by atoms with van der Waals surface area (Å²) in [5, 5.41) is 0. The van der Waals surface area contributed by atoms with Crippen molar-refractivity contribution < 1.29 is 9.53 Å². The van der Waals surface area contributed by atoms with Crippen molar-refractivity contribution in [2.24, 2.45) is 0 Å². The van der Waals surface area contributed by atoms with Crippen molar-refractivity contribution in [2.75, 3.05) is 26.3 Å². The van der Waals surface area contributed by atoms with E-state index >= 15 is 0 Å². The minimum atomic E-state index is 0.0885. The second kappa shape index (κ2) is 10.0. The van der Waals surface area contributed by atoms with Gasteiger partial charge in [0.05, 0.1) is 18.9 Å². The Morgan fingerprint density at radius 2 is 2.03 bits per heavy atom. The van der Waals surface area contributed by atoms with Crippen LogP contribution in [0.15, 0.2) is 55.0 Å². The topological polar surface area (TPSA) is 60.2 Å². The fourth-order valence-corrected chi connectivity index (χ4v) is 5.04. The minimum Gasteiger partial charge on any atom is -0.379 e. The van der Waals surface area contributed by atoms with Gasteiger partial charge < -0.3 is 9.30 Å². The fourth-order valence-electron chi connectivity index (χ4n) is 5.04. The Hall–Kier alpha value is -3.09. The monoisotopic (exact) mass is 456 g/mol. The van der Waals surface area contributed by atoms with E-state index in [9.17, 15) is 4.79 Å². The van der Waals surface area contributed by atoms with Gasteiger partial charge in [0.15, 0.2) is 5.78 Å². The van der Waals surface area contributed by atoms with Gasteiger partial charge >= 0.3 is 0 Å². The first-order chi connectivity index (χ1) is 16.6. The maximum atomic E-state index is 12.9. The van der Waals surface area contributed by atoms with Crippen LogP contribution in [0.5, 0.6) is 0 Å². The number of aryl methyl sites for hydroxylation is 2. The third kappa shape index (κ3) is 5.03. The Morgan fingerprint density at radius 1 is 1.18 bits per heavy atom. The molecular weight excluding hydrogens is 424 g/mol. The van der Waals surface area contributed by atoms with Crippen LogP contribution in [0.1, 0.15) is 52.1 Å². The van der Waals surface area contributed by atoms with Crippen molar-refractivity contribution >= 4 is 11.4 Å². The van der Waals surface area contributed by atoms with Gasteiger partial charge in [-0.3, -0.25) is 14.7 Å². The number of carbonyl (C=O) groups excluding carboxylic acids is 1. The van der Waals surface area contributed by atoms with Gasteiger partial charge in [-0.1, -0.05) is 18.2 Å². The maximum absolute atomic E-state index is 12.9. The molecule has 4 heterocycles. The zero-order valence-electron chi connectivity index (χ0n) is 20.0. The molecule has 5 rings (SSSR count). The molecule has 1 fully saturated rings. The fraction of sp³-hybridized carbons (Fsp3) is 0.393. The zero-order chi connectivity index (χ0) is 23.5. The molecule has 34 heavy (non-hydrogen) atoms. The number of rotatable bonds is 6. The molecule has 6 heteroatoms. The Kier molecular flexibility index (Phi) is 6.70. The lowest BCUT2D eigenvalue weighted by Crippen LogP contribution is -2.43. The molecule has 0 amide bonds. The summed E-state index contributed by atoms with van der Waals surface area (Å²) in [5.74, 6) is 0.906. The number of Topliss-reactive ketones (excluding diaryl/α,β-unsaturated/α-hetero) is 1. The molecule has 2 aliphatic rings. The van der Waals surface area contributed by atoms with Gasteiger partial charge in [0.25, 0.3) is 0 Å². The highest BCUT2D eigenvalue weighted by atomic mass is 16.5. The van der Waals surface area contributed by atoms with Crippen LogP contribution in [0.3, 0.4) is 0 Å². The van der Waals surface area contributed by atoms with E-state index < -0.39 is 0 Å². The van der Waals surface area contributed by atoms with E-state index in [2.05, 4.69) is 29.0 Å². The van der Waals surface area contributed by atoms with Crippen LogP contribution < -0.4 is 0 Å². The number of carbonyl (C=O) groups is 1. The van der Waals surface area contributed by atoms with Crippen LogP contribution in [0, 0.1) is 13.8 Å². The van der Waals surface area contributed by atoms with Crippen LogP contribution in [-0.4, -0.2) is 57.6 Å². The average Bonchev–Trinajstić information content (AvgIpc) is 3.36. The summed E-state index contributed by atoms with van der Waals surface area (Å²) in [4.78, 5) is 24.8. The highest BCUT2D eigenvalue weighted by Gasteiger charge is 2.24. The summed E-state index contributed by atoms with van der Waals surface area (Å²) in [7, 11) is 0. The van der Waals surface area contributed by atoms with Gasteiger partial charge in [0.2, 0.25) is 0 Å². The number of ether oxygens (including phenoxy) is 1. The average molecular weight is 457 g/mol. The molecule has 176 valence electrons. The van der Waals surface area contributed by atoms with Crippen molar-refractivity contribution in [3.8, 4) is 5.82 Å². The molecule has 3 aromatic heterocycles. The Morgan fingerprint density at radius 3 is 2.76 bits per heavy atom. The van der Waals surface area contributed by atoms with Crippen LogP contribution in [0.2, 0.25) is 0 Å². The van der Waals surface area contributed by atoms with E-state index in [1.807, 2.05) is 54.3 Å². The highest BCUT2D eigenvalue weighted by molar-refractivity contribution is 5.97. The van der Waals surface area contributed by atoms with Crippen molar-refractivity contribution in [3.05, 3.63) is 83.1 Å². The second-order valence-corrected chi connectivity index (χ2v) is 9.36. The number of hydrogen-bond acceptors (Lipinski definition) is 5. The number of allylic oxidation sites excluding steroid dienone is 1. The van der Waals surface area contributed by atoms with Gasteiger partial charge in [-0.05, 0) is 68.0 Å². The molecule has 3 aromatic rings. The summed E-state index contributed by atoms with van der Waals surface area (Å²) in [6, 6.07) is 10.5. The third-order valence-electron chi connectivity index (χ3n) is 6.90. The number of pyridine rings is 2. The maximum Gasteiger partial charge on any atom is 0.168 e. The van der Waals surface area contributed by atoms with E-state index in [0.29, 0.717) is 18.0 Å². The highest BCUT2D eigenvalue weighted by Crippen LogP contribution is 2.30. The number of morpholine rings is 1. The van der Waals surface area contributed by atoms with E-state index in [1.165, 1.54) is 12.0 Å². The van der Waals surface area contributed by atoms with Gasteiger partial charge in [-0.2, -0.15) is 0 Å². The first-order valence-corrected chi connectivity index (χ1v) is 12.2.